The van der Waals surface area contributed by atoms with Gasteiger partial charge in [-0.3, -0.25) is 0 Å². The Morgan fingerprint density at radius 3 is 2.54 bits per heavy atom. The molecule has 70 valence electrons. The first-order chi connectivity index (χ1) is 6.29. The molecule has 0 radical (unpaired) electrons. The van der Waals surface area contributed by atoms with Crippen LogP contribution in [-0.2, 0) is 0 Å². The normalized spacial score (nSPS) is 11.3. The Hall–Kier alpha value is -1.08. The highest BCUT2D eigenvalue weighted by Crippen LogP contribution is 1.99. The highest BCUT2D eigenvalue weighted by atomic mass is 14.9. The molecule has 0 bridgehead atoms. The maximum absolute atomic E-state index is 3.33. The second kappa shape index (κ2) is 5.55. The van der Waals surface area contributed by atoms with Gasteiger partial charge in [0.05, 0.1) is 0 Å². The van der Waals surface area contributed by atoms with Crippen molar-refractivity contribution >= 4 is 6.08 Å². The lowest BCUT2D eigenvalue weighted by atomic mass is 10.2. The minimum Gasteiger partial charge on any atom is -0.311 e. The summed E-state index contributed by atoms with van der Waals surface area (Å²) in [6, 6.07) is 10.9. The summed E-state index contributed by atoms with van der Waals surface area (Å²) in [4.78, 5) is 0. The van der Waals surface area contributed by atoms with Crippen molar-refractivity contribution in [2.24, 2.45) is 0 Å². The molecular weight excluding hydrogens is 158 g/mol. The van der Waals surface area contributed by atoms with E-state index in [9.17, 15) is 0 Å². The monoisotopic (exact) mass is 175 g/mol. The van der Waals surface area contributed by atoms with Gasteiger partial charge in [-0.25, -0.2) is 0 Å². The van der Waals surface area contributed by atoms with Crippen molar-refractivity contribution < 1.29 is 0 Å². The fraction of sp³-hybridized carbons (Fsp3) is 0.333. The number of hydrogen-bond acceptors (Lipinski definition) is 1. The van der Waals surface area contributed by atoms with Crippen LogP contribution in [-0.4, -0.2) is 12.6 Å². The third-order valence-corrected chi connectivity index (χ3v) is 1.75. The first-order valence-electron chi connectivity index (χ1n) is 4.74. The Kier molecular flexibility index (Phi) is 4.27. The summed E-state index contributed by atoms with van der Waals surface area (Å²) >= 11 is 0. The molecule has 0 saturated heterocycles. The molecule has 0 atom stereocenters. The number of benzene rings is 1. The van der Waals surface area contributed by atoms with Crippen LogP contribution in [0.1, 0.15) is 19.4 Å². The molecule has 1 aromatic carbocycles. The molecule has 1 rings (SSSR count). The molecule has 0 fully saturated rings. The quantitative estimate of drug-likeness (QED) is 0.742. The van der Waals surface area contributed by atoms with E-state index in [1.165, 1.54) is 5.56 Å². The molecule has 0 aliphatic heterocycles. The third kappa shape index (κ3) is 4.48. The Labute approximate surface area is 80.5 Å². The van der Waals surface area contributed by atoms with Crippen molar-refractivity contribution in [1.29, 1.82) is 0 Å². The summed E-state index contributed by atoms with van der Waals surface area (Å²) in [5.41, 5.74) is 1.26. The average molecular weight is 175 g/mol. The second-order valence-corrected chi connectivity index (χ2v) is 3.38. The van der Waals surface area contributed by atoms with Gasteiger partial charge in [-0.2, -0.15) is 0 Å². The van der Waals surface area contributed by atoms with Crippen LogP contribution in [0, 0.1) is 0 Å². The molecule has 0 unspecified atom stereocenters. The van der Waals surface area contributed by atoms with Gasteiger partial charge in [0.25, 0.3) is 0 Å². The molecule has 0 aromatic heterocycles. The molecule has 0 aliphatic rings. The zero-order valence-electron chi connectivity index (χ0n) is 8.33. The largest absolute Gasteiger partial charge is 0.311 e. The van der Waals surface area contributed by atoms with Gasteiger partial charge >= 0.3 is 0 Å². The third-order valence-electron chi connectivity index (χ3n) is 1.75. The maximum atomic E-state index is 3.33. The van der Waals surface area contributed by atoms with E-state index in [1.807, 2.05) is 6.07 Å². The molecule has 1 aromatic rings. The van der Waals surface area contributed by atoms with Crippen LogP contribution in [0.2, 0.25) is 0 Å². The summed E-state index contributed by atoms with van der Waals surface area (Å²) in [7, 11) is 0. The zero-order valence-corrected chi connectivity index (χ0v) is 8.33. The fourth-order valence-corrected chi connectivity index (χ4v) is 1.06. The summed E-state index contributed by atoms with van der Waals surface area (Å²) in [5, 5.41) is 3.33. The van der Waals surface area contributed by atoms with Crippen LogP contribution in [0.4, 0.5) is 0 Å². The molecule has 1 heteroatoms. The van der Waals surface area contributed by atoms with Crippen LogP contribution in [0.15, 0.2) is 36.4 Å². The van der Waals surface area contributed by atoms with Gasteiger partial charge in [0.2, 0.25) is 0 Å². The predicted molar refractivity (Wildman–Crippen MR) is 58.6 cm³/mol. The maximum Gasteiger partial charge on any atom is 0.0140 e. The summed E-state index contributed by atoms with van der Waals surface area (Å²) < 4.78 is 0. The van der Waals surface area contributed by atoms with E-state index in [-0.39, 0.29) is 0 Å². The first kappa shape index (κ1) is 10.0. The van der Waals surface area contributed by atoms with Crippen molar-refractivity contribution in [3.63, 3.8) is 0 Å². The topological polar surface area (TPSA) is 12.0 Å². The van der Waals surface area contributed by atoms with Crippen molar-refractivity contribution in [3.8, 4) is 0 Å². The second-order valence-electron chi connectivity index (χ2n) is 3.38. The lowest BCUT2D eigenvalue weighted by molar-refractivity contribution is 0.633. The lowest BCUT2D eigenvalue weighted by Gasteiger charge is -2.03. The van der Waals surface area contributed by atoms with Crippen LogP contribution in [0.25, 0.3) is 6.08 Å². The van der Waals surface area contributed by atoms with E-state index < -0.39 is 0 Å². The van der Waals surface area contributed by atoms with E-state index in [4.69, 9.17) is 0 Å². The Morgan fingerprint density at radius 1 is 1.23 bits per heavy atom. The van der Waals surface area contributed by atoms with Crippen molar-refractivity contribution in [2.75, 3.05) is 6.54 Å². The van der Waals surface area contributed by atoms with Crippen LogP contribution in [0.5, 0.6) is 0 Å². The molecule has 0 amide bonds. The van der Waals surface area contributed by atoms with Crippen LogP contribution >= 0.6 is 0 Å². The van der Waals surface area contributed by atoms with E-state index in [1.54, 1.807) is 0 Å². The van der Waals surface area contributed by atoms with Gasteiger partial charge in [0, 0.05) is 12.6 Å². The summed E-state index contributed by atoms with van der Waals surface area (Å²) in [6.45, 7) is 5.24. The van der Waals surface area contributed by atoms with E-state index in [2.05, 4.69) is 55.6 Å². The molecule has 0 saturated carbocycles. The van der Waals surface area contributed by atoms with Crippen LogP contribution in [0.3, 0.4) is 0 Å². The Bertz CT molecular complexity index is 249. The van der Waals surface area contributed by atoms with Gasteiger partial charge in [0.15, 0.2) is 0 Å². The van der Waals surface area contributed by atoms with Gasteiger partial charge in [0.1, 0.15) is 0 Å². The highest BCUT2D eigenvalue weighted by Gasteiger charge is 1.86. The van der Waals surface area contributed by atoms with E-state index in [0.717, 1.165) is 6.54 Å². The van der Waals surface area contributed by atoms with Crippen molar-refractivity contribution in [2.45, 2.75) is 19.9 Å². The molecule has 1 nitrogen and oxygen atoms in total. The fourth-order valence-electron chi connectivity index (χ4n) is 1.06. The Balaban J connectivity index is 2.33. The lowest BCUT2D eigenvalue weighted by Crippen LogP contribution is -2.22. The van der Waals surface area contributed by atoms with Gasteiger partial charge in [-0.05, 0) is 5.56 Å². The van der Waals surface area contributed by atoms with Crippen molar-refractivity contribution in [1.82, 2.24) is 5.32 Å². The van der Waals surface area contributed by atoms with Crippen LogP contribution < -0.4 is 5.32 Å². The molecule has 1 N–H and O–H groups in total. The van der Waals surface area contributed by atoms with E-state index >= 15 is 0 Å². The van der Waals surface area contributed by atoms with Gasteiger partial charge in [-0.15, -0.1) is 0 Å². The first-order valence-corrected chi connectivity index (χ1v) is 4.74. The number of nitrogens with one attached hydrogen (secondary N) is 1. The van der Waals surface area contributed by atoms with Gasteiger partial charge in [-0.1, -0.05) is 56.3 Å². The summed E-state index contributed by atoms with van der Waals surface area (Å²) in [5.74, 6) is 0. The minimum absolute atomic E-state index is 0.556. The number of hydrogen-bond donors (Lipinski definition) is 1. The smallest absolute Gasteiger partial charge is 0.0140 e. The molecule has 0 heterocycles. The van der Waals surface area contributed by atoms with Crippen molar-refractivity contribution in [3.05, 3.63) is 42.0 Å². The molecule has 13 heavy (non-hydrogen) atoms. The number of rotatable bonds is 4. The minimum atomic E-state index is 0.556. The highest BCUT2D eigenvalue weighted by molar-refractivity contribution is 5.48. The molecular formula is C12H17N. The zero-order chi connectivity index (χ0) is 9.52. The van der Waals surface area contributed by atoms with Gasteiger partial charge < -0.3 is 5.32 Å². The Morgan fingerprint density at radius 2 is 1.92 bits per heavy atom. The standard InChI is InChI=1S/C12H17N/c1-11(2)13-10-6-9-12-7-4-3-5-8-12/h3-9,11,13H,10H2,1-2H3/b9-6+. The summed E-state index contributed by atoms with van der Waals surface area (Å²) in [6.07, 6.45) is 4.28. The van der Waals surface area contributed by atoms with E-state index in [0.29, 0.717) is 6.04 Å². The predicted octanol–water partition coefficient (Wildman–Crippen LogP) is 2.70. The SMILES string of the molecule is CC(C)NC/C=C/c1ccccc1. The average Bonchev–Trinajstić information content (AvgIpc) is 2.14. The molecule has 0 spiro atoms. The molecule has 0 aliphatic carbocycles.